The lowest BCUT2D eigenvalue weighted by atomic mass is 10.0. The van der Waals surface area contributed by atoms with Crippen molar-refractivity contribution in [3.63, 3.8) is 0 Å². The fourth-order valence-electron chi connectivity index (χ4n) is 3.04. The first-order valence-electron chi connectivity index (χ1n) is 9.07. The van der Waals surface area contributed by atoms with Gasteiger partial charge in [0.15, 0.2) is 5.78 Å². The van der Waals surface area contributed by atoms with Gasteiger partial charge >= 0.3 is 6.01 Å². The number of aromatic nitrogens is 2. The molecule has 144 valence electrons. The molecule has 2 heterocycles. The minimum atomic E-state index is 0.0436. The minimum Gasteiger partial charge on any atom is -0.497 e. The van der Waals surface area contributed by atoms with E-state index in [0.29, 0.717) is 62.9 Å². The second-order valence-corrected chi connectivity index (χ2v) is 6.48. The Morgan fingerprint density at radius 3 is 2.37 bits per heavy atom. The quantitative estimate of drug-likeness (QED) is 0.688. The summed E-state index contributed by atoms with van der Waals surface area (Å²) in [4.78, 5) is 28.4. The molecule has 0 N–H and O–H groups in total. The van der Waals surface area contributed by atoms with Gasteiger partial charge in [0.1, 0.15) is 5.75 Å². The molecule has 1 amide bonds. The van der Waals surface area contributed by atoms with Crippen molar-refractivity contribution in [1.29, 1.82) is 0 Å². The number of amides is 1. The molecular weight excluding hydrogens is 348 g/mol. The molecule has 8 heteroatoms. The highest BCUT2D eigenvalue weighted by atomic mass is 16.5. The van der Waals surface area contributed by atoms with Gasteiger partial charge in [0.2, 0.25) is 11.8 Å². The lowest BCUT2D eigenvalue weighted by Gasteiger charge is -2.33. The summed E-state index contributed by atoms with van der Waals surface area (Å²) < 4.78 is 10.5. The normalized spacial score (nSPS) is 14.3. The van der Waals surface area contributed by atoms with Gasteiger partial charge in [0.05, 0.1) is 7.11 Å². The van der Waals surface area contributed by atoms with Crippen molar-refractivity contribution in [1.82, 2.24) is 15.1 Å². The molecule has 1 aliphatic rings. The Balaban J connectivity index is 1.40. The number of ether oxygens (including phenoxy) is 1. The summed E-state index contributed by atoms with van der Waals surface area (Å²) in [6.07, 6.45) is 1.29. The number of methoxy groups -OCH3 is 1. The number of anilines is 1. The van der Waals surface area contributed by atoms with Crippen LogP contribution < -0.4 is 9.64 Å². The van der Waals surface area contributed by atoms with Crippen molar-refractivity contribution in [2.45, 2.75) is 26.2 Å². The zero-order chi connectivity index (χ0) is 19.2. The number of carbonyl (C=O) groups is 2. The Labute approximate surface area is 158 Å². The van der Waals surface area contributed by atoms with E-state index >= 15 is 0 Å². The molecule has 1 fully saturated rings. The SMILES string of the molecule is COc1ccc(C(=O)CCCC(=O)N2CCN(c3nnc(C)o3)CC2)cc1. The third kappa shape index (κ3) is 4.84. The van der Waals surface area contributed by atoms with E-state index in [1.807, 2.05) is 9.80 Å². The van der Waals surface area contributed by atoms with E-state index in [-0.39, 0.29) is 11.7 Å². The largest absolute Gasteiger partial charge is 0.497 e. The first-order chi connectivity index (χ1) is 13.1. The standard InChI is InChI=1S/C19H24N4O4/c1-14-20-21-19(27-14)23-12-10-22(11-13-23)18(25)5-3-4-17(24)15-6-8-16(26-2)9-7-15/h6-9H,3-5,10-13H2,1-2H3. The average Bonchev–Trinajstić information content (AvgIpc) is 3.14. The molecule has 0 unspecified atom stereocenters. The highest BCUT2D eigenvalue weighted by Gasteiger charge is 2.23. The second-order valence-electron chi connectivity index (χ2n) is 6.48. The number of Topliss-reactive ketones (excluding diaryl/α,β-unsaturated/α-hetero) is 1. The maximum absolute atomic E-state index is 12.4. The second kappa shape index (κ2) is 8.66. The molecule has 1 aromatic carbocycles. The van der Waals surface area contributed by atoms with Gasteiger partial charge in [0.25, 0.3) is 0 Å². The molecule has 0 aliphatic carbocycles. The summed E-state index contributed by atoms with van der Waals surface area (Å²) in [5.74, 6) is 1.38. The van der Waals surface area contributed by atoms with Crippen LogP contribution in [0.4, 0.5) is 6.01 Å². The van der Waals surface area contributed by atoms with E-state index in [9.17, 15) is 9.59 Å². The molecule has 3 rings (SSSR count). The Morgan fingerprint density at radius 1 is 1.07 bits per heavy atom. The Morgan fingerprint density at radius 2 is 1.78 bits per heavy atom. The monoisotopic (exact) mass is 372 g/mol. The third-order valence-corrected chi connectivity index (χ3v) is 4.62. The lowest BCUT2D eigenvalue weighted by Crippen LogP contribution is -2.48. The fraction of sp³-hybridized carbons (Fsp3) is 0.474. The number of benzene rings is 1. The van der Waals surface area contributed by atoms with Gasteiger partial charge in [-0.2, -0.15) is 0 Å². The maximum atomic E-state index is 12.4. The first kappa shape index (κ1) is 18.9. The number of ketones is 1. The lowest BCUT2D eigenvalue weighted by molar-refractivity contribution is -0.131. The fourth-order valence-corrected chi connectivity index (χ4v) is 3.04. The molecular formula is C19H24N4O4. The Bertz CT molecular complexity index is 779. The number of aryl methyl sites for hydroxylation is 1. The van der Waals surface area contributed by atoms with Gasteiger partial charge in [0, 0.05) is 51.5 Å². The van der Waals surface area contributed by atoms with Crippen LogP contribution in [-0.2, 0) is 4.79 Å². The molecule has 0 bridgehead atoms. The van der Waals surface area contributed by atoms with Crippen molar-refractivity contribution >= 4 is 17.7 Å². The van der Waals surface area contributed by atoms with Crippen LogP contribution in [0.15, 0.2) is 28.7 Å². The van der Waals surface area contributed by atoms with Gasteiger partial charge < -0.3 is 19.0 Å². The maximum Gasteiger partial charge on any atom is 0.318 e. The molecule has 0 radical (unpaired) electrons. The van der Waals surface area contributed by atoms with E-state index < -0.39 is 0 Å². The van der Waals surface area contributed by atoms with E-state index in [1.54, 1.807) is 38.3 Å². The topological polar surface area (TPSA) is 88.8 Å². The van der Waals surface area contributed by atoms with Crippen LogP contribution >= 0.6 is 0 Å². The van der Waals surface area contributed by atoms with Gasteiger partial charge in [-0.05, 0) is 30.7 Å². The van der Waals surface area contributed by atoms with Crippen LogP contribution in [0.5, 0.6) is 5.75 Å². The highest BCUT2D eigenvalue weighted by Crippen LogP contribution is 2.16. The number of carbonyl (C=O) groups excluding carboxylic acids is 2. The zero-order valence-electron chi connectivity index (χ0n) is 15.7. The van der Waals surface area contributed by atoms with E-state index in [4.69, 9.17) is 9.15 Å². The number of hydrogen-bond donors (Lipinski definition) is 0. The summed E-state index contributed by atoms with van der Waals surface area (Å²) >= 11 is 0. The predicted molar refractivity (Wildman–Crippen MR) is 99.0 cm³/mol. The molecule has 0 atom stereocenters. The third-order valence-electron chi connectivity index (χ3n) is 4.62. The summed E-state index contributed by atoms with van der Waals surface area (Å²) in [6, 6.07) is 7.54. The average molecular weight is 372 g/mol. The van der Waals surface area contributed by atoms with Crippen LogP contribution in [0.2, 0.25) is 0 Å². The Kier molecular flexibility index (Phi) is 6.05. The number of piperazine rings is 1. The van der Waals surface area contributed by atoms with E-state index in [0.717, 1.165) is 5.75 Å². The van der Waals surface area contributed by atoms with Gasteiger partial charge in [-0.1, -0.05) is 5.10 Å². The molecule has 1 aliphatic heterocycles. The minimum absolute atomic E-state index is 0.0436. The van der Waals surface area contributed by atoms with Crippen LogP contribution in [0.3, 0.4) is 0 Å². The molecule has 8 nitrogen and oxygen atoms in total. The van der Waals surface area contributed by atoms with Crippen LogP contribution in [0.25, 0.3) is 0 Å². The van der Waals surface area contributed by atoms with Crippen LogP contribution in [0.1, 0.15) is 35.5 Å². The van der Waals surface area contributed by atoms with Gasteiger partial charge in [-0.15, -0.1) is 5.10 Å². The Hall–Kier alpha value is -2.90. The number of rotatable bonds is 7. The summed E-state index contributed by atoms with van der Waals surface area (Å²) in [5.41, 5.74) is 0.645. The van der Waals surface area contributed by atoms with Gasteiger partial charge in [-0.3, -0.25) is 9.59 Å². The van der Waals surface area contributed by atoms with Gasteiger partial charge in [-0.25, -0.2) is 0 Å². The molecule has 0 spiro atoms. The van der Waals surface area contributed by atoms with Crippen molar-refractivity contribution in [2.24, 2.45) is 0 Å². The van der Waals surface area contributed by atoms with Crippen molar-refractivity contribution in [3.05, 3.63) is 35.7 Å². The summed E-state index contributed by atoms with van der Waals surface area (Å²) in [7, 11) is 1.59. The first-order valence-corrected chi connectivity index (χ1v) is 9.07. The number of nitrogens with zero attached hydrogens (tertiary/aromatic N) is 4. The van der Waals surface area contributed by atoms with Crippen LogP contribution in [-0.4, -0.2) is 60.1 Å². The van der Waals surface area contributed by atoms with Crippen LogP contribution in [0, 0.1) is 6.92 Å². The molecule has 27 heavy (non-hydrogen) atoms. The van der Waals surface area contributed by atoms with Crippen molar-refractivity contribution in [2.75, 3.05) is 38.2 Å². The van der Waals surface area contributed by atoms with E-state index in [1.165, 1.54) is 0 Å². The predicted octanol–water partition coefficient (Wildman–Crippen LogP) is 2.09. The van der Waals surface area contributed by atoms with E-state index in [2.05, 4.69) is 10.2 Å². The zero-order valence-corrected chi connectivity index (χ0v) is 15.7. The smallest absolute Gasteiger partial charge is 0.318 e. The summed E-state index contributed by atoms with van der Waals surface area (Å²) in [5, 5.41) is 7.84. The molecule has 1 aromatic heterocycles. The highest BCUT2D eigenvalue weighted by molar-refractivity contribution is 5.96. The molecule has 2 aromatic rings. The molecule has 0 saturated carbocycles. The summed E-state index contributed by atoms with van der Waals surface area (Å²) in [6.45, 7) is 4.32. The van der Waals surface area contributed by atoms with Crippen molar-refractivity contribution < 1.29 is 18.7 Å². The number of hydrogen-bond acceptors (Lipinski definition) is 7. The van der Waals surface area contributed by atoms with Crippen molar-refractivity contribution in [3.8, 4) is 5.75 Å². The molecule has 1 saturated heterocycles.